The molecule has 3 heteroatoms. The lowest BCUT2D eigenvalue weighted by Gasteiger charge is -2.37. The molecule has 17 heavy (non-hydrogen) atoms. The van der Waals surface area contributed by atoms with Gasteiger partial charge in [-0.05, 0) is 52.5 Å². The Kier molecular flexibility index (Phi) is 4.73. The summed E-state index contributed by atoms with van der Waals surface area (Å²) in [5.74, 6) is 0.790. The molecular formula is C14H26ClNO. The van der Waals surface area contributed by atoms with E-state index in [9.17, 15) is 0 Å². The van der Waals surface area contributed by atoms with Crippen LogP contribution in [0.4, 0.5) is 0 Å². The second kappa shape index (κ2) is 5.90. The van der Waals surface area contributed by atoms with Crippen LogP contribution in [0.15, 0.2) is 0 Å². The number of alkyl halides is 1. The van der Waals surface area contributed by atoms with Crippen molar-refractivity contribution in [2.45, 2.75) is 70.1 Å². The van der Waals surface area contributed by atoms with Crippen molar-refractivity contribution < 1.29 is 4.74 Å². The molecule has 0 aromatic heterocycles. The lowest BCUT2D eigenvalue weighted by molar-refractivity contribution is -0.0374. The van der Waals surface area contributed by atoms with Crippen LogP contribution in [0.5, 0.6) is 0 Å². The van der Waals surface area contributed by atoms with Crippen LogP contribution in [0, 0.1) is 0 Å². The van der Waals surface area contributed by atoms with Gasteiger partial charge in [-0.15, -0.1) is 11.6 Å². The van der Waals surface area contributed by atoms with Gasteiger partial charge in [-0.1, -0.05) is 6.42 Å². The van der Waals surface area contributed by atoms with Crippen molar-refractivity contribution in [1.29, 1.82) is 0 Å². The molecule has 0 amide bonds. The van der Waals surface area contributed by atoms with Gasteiger partial charge in [0.2, 0.25) is 0 Å². The van der Waals surface area contributed by atoms with E-state index in [1.54, 1.807) is 0 Å². The minimum absolute atomic E-state index is 0.0996. The zero-order valence-corrected chi connectivity index (χ0v) is 12.0. The van der Waals surface area contributed by atoms with E-state index < -0.39 is 0 Å². The Bertz CT molecular complexity index is 242. The topological polar surface area (TPSA) is 12.5 Å². The Morgan fingerprint density at radius 1 is 1.29 bits per heavy atom. The first-order chi connectivity index (χ1) is 8.11. The summed E-state index contributed by atoms with van der Waals surface area (Å²) in [4.78, 5) is 2.62. The third-order valence-corrected chi connectivity index (χ3v) is 4.40. The molecule has 2 nitrogen and oxygen atoms in total. The minimum Gasteiger partial charge on any atom is -0.371 e. The van der Waals surface area contributed by atoms with Crippen LogP contribution in [0.25, 0.3) is 0 Å². The van der Waals surface area contributed by atoms with Gasteiger partial charge >= 0.3 is 0 Å². The molecule has 2 atom stereocenters. The molecule has 100 valence electrons. The summed E-state index contributed by atoms with van der Waals surface area (Å²) in [6, 6.07) is 0.702. The van der Waals surface area contributed by atoms with Crippen molar-refractivity contribution in [1.82, 2.24) is 4.90 Å². The summed E-state index contributed by atoms with van der Waals surface area (Å²) in [7, 11) is 0. The SMILES string of the molecule is CC1(C)CCC(CN2CCCCC2CCCl)O1. The van der Waals surface area contributed by atoms with Crippen LogP contribution in [0.1, 0.15) is 52.4 Å². The first kappa shape index (κ1) is 13.6. The molecule has 2 aliphatic heterocycles. The smallest absolute Gasteiger partial charge is 0.0710 e. The molecule has 0 spiro atoms. The fourth-order valence-corrected chi connectivity index (χ4v) is 3.47. The fraction of sp³-hybridized carbons (Fsp3) is 1.00. The Morgan fingerprint density at radius 2 is 2.12 bits per heavy atom. The lowest BCUT2D eigenvalue weighted by atomic mass is 9.99. The van der Waals surface area contributed by atoms with Crippen LogP contribution < -0.4 is 0 Å². The summed E-state index contributed by atoms with van der Waals surface area (Å²) in [6.07, 6.45) is 8.04. The summed E-state index contributed by atoms with van der Waals surface area (Å²) < 4.78 is 6.10. The summed E-state index contributed by atoms with van der Waals surface area (Å²) in [5, 5.41) is 0. The van der Waals surface area contributed by atoms with E-state index in [0.717, 1.165) is 18.8 Å². The zero-order valence-electron chi connectivity index (χ0n) is 11.3. The standard InChI is InChI=1S/C14H26ClNO/c1-14(2)8-6-13(17-14)11-16-10-4-3-5-12(16)7-9-15/h12-13H,3-11H2,1-2H3. The lowest BCUT2D eigenvalue weighted by Crippen LogP contribution is -2.44. The Labute approximate surface area is 111 Å². The second-order valence-corrected chi connectivity index (χ2v) is 6.54. The average molecular weight is 260 g/mol. The van der Waals surface area contributed by atoms with Gasteiger partial charge in [-0.25, -0.2) is 0 Å². The normalized spacial score (nSPS) is 34.1. The van der Waals surface area contributed by atoms with Gasteiger partial charge in [0.15, 0.2) is 0 Å². The molecule has 0 aromatic carbocycles. The van der Waals surface area contributed by atoms with Crippen LogP contribution in [0.2, 0.25) is 0 Å². The predicted molar refractivity (Wildman–Crippen MR) is 72.7 cm³/mol. The quantitative estimate of drug-likeness (QED) is 0.718. The van der Waals surface area contributed by atoms with Crippen LogP contribution >= 0.6 is 11.6 Å². The van der Waals surface area contributed by atoms with E-state index in [0.29, 0.717) is 12.1 Å². The van der Waals surface area contributed by atoms with Gasteiger partial charge in [0.25, 0.3) is 0 Å². The molecule has 0 aliphatic carbocycles. The second-order valence-electron chi connectivity index (χ2n) is 6.16. The van der Waals surface area contributed by atoms with Crippen LogP contribution in [-0.4, -0.2) is 41.6 Å². The van der Waals surface area contributed by atoms with Crippen LogP contribution in [0.3, 0.4) is 0 Å². The number of rotatable bonds is 4. The first-order valence-corrected chi connectivity index (χ1v) is 7.62. The molecule has 2 fully saturated rings. The van der Waals surface area contributed by atoms with Crippen molar-refractivity contribution in [3.63, 3.8) is 0 Å². The molecule has 2 rings (SSSR count). The molecular weight excluding hydrogens is 234 g/mol. The van der Waals surface area contributed by atoms with E-state index in [1.165, 1.54) is 38.6 Å². The Hall–Kier alpha value is 0.210. The summed E-state index contributed by atoms with van der Waals surface area (Å²) in [5.41, 5.74) is 0.0996. The molecule has 2 aliphatic rings. The zero-order chi connectivity index (χ0) is 12.3. The van der Waals surface area contributed by atoms with Gasteiger partial charge in [0.1, 0.15) is 0 Å². The van der Waals surface area contributed by atoms with E-state index in [1.807, 2.05) is 0 Å². The molecule has 0 saturated carbocycles. The highest BCUT2D eigenvalue weighted by Gasteiger charge is 2.34. The fourth-order valence-electron chi connectivity index (χ4n) is 3.22. The summed E-state index contributed by atoms with van der Waals surface area (Å²) in [6.45, 7) is 6.77. The van der Waals surface area contributed by atoms with Crippen molar-refractivity contribution >= 4 is 11.6 Å². The highest BCUT2D eigenvalue weighted by atomic mass is 35.5. The number of piperidine rings is 1. The number of hydrogen-bond donors (Lipinski definition) is 0. The highest BCUT2D eigenvalue weighted by molar-refractivity contribution is 6.17. The largest absolute Gasteiger partial charge is 0.371 e. The number of ether oxygens (including phenoxy) is 1. The monoisotopic (exact) mass is 259 g/mol. The highest BCUT2D eigenvalue weighted by Crippen LogP contribution is 2.31. The third kappa shape index (κ3) is 3.84. The summed E-state index contributed by atoms with van der Waals surface area (Å²) >= 11 is 5.90. The maximum absolute atomic E-state index is 6.10. The average Bonchev–Trinajstić information content (AvgIpc) is 2.61. The van der Waals surface area contributed by atoms with Gasteiger partial charge < -0.3 is 4.74 Å². The van der Waals surface area contributed by atoms with Crippen molar-refractivity contribution in [3.8, 4) is 0 Å². The molecule has 2 unspecified atom stereocenters. The molecule has 2 heterocycles. The Balaban J connectivity index is 1.84. The van der Waals surface area contributed by atoms with Gasteiger partial charge in [0.05, 0.1) is 11.7 Å². The molecule has 0 N–H and O–H groups in total. The number of nitrogens with zero attached hydrogens (tertiary/aromatic N) is 1. The van der Waals surface area contributed by atoms with Gasteiger partial charge in [-0.3, -0.25) is 4.90 Å². The molecule has 2 saturated heterocycles. The van der Waals surface area contributed by atoms with Crippen molar-refractivity contribution in [2.24, 2.45) is 0 Å². The molecule has 0 radical (unpaired) electrons. The molecule has 0 aromatic rings. The number of hydrogen-bond acceptors (Lipinski definition) is 2. The van der Waals surface area contributed by atoms with Gasteiger partial charge in [-0.2, -0.15) is 0 Å². The molecule has 0 bridgehead atoms. The van der Waals surface area contributed by atoms with E-state index in [-0.39, 0.29) is 5.60 Å². The van der Waals surface area contributed by atoms with Crippen LogP contribution in [-0.2, 0) is 4.74 Å². The van der Waals surface area contributed by atoms with Gasteiger partial charge in [0, 0.05) is 18.5 Å². The number of halogens is 1. The van der Waals surface area contributed by atoms with E-state index in [4.69, 9.17) is 16.3 Å². The maximum atomic E-state index is 6.10. The minimum atomic E-state index is 0.0996. The Morgan fingerprint density at radius 3 is 2.76 bits per heavy atom. The van der Waals surface area contributed by atoms with Crippen molar-refractivity contribution in [3.05, 3.63) is 0 Å². The van der Waals surface area contributed by atoms with E-state index in [2.05, 4.69) is 18.7 Å². The predicted octanol–water partition coefficient (Wildman–Crippen LogP) is 3.43. The van der Waals surface area contributed by atoms with Crippen molar-refractivity contribution in [2.75, 3.05) is 19.0 Å². The van der Waals surface area contributed by atoms with E-state index >= 15 is 0 Å². The number of likely N-dealkylation sites (tertiary alicyclic amines) is 1. The first-order valence-electron chi connectivity index (χ1n) is 7.08. The maximum Gasteiger partial charge on any atom is 0.0710 e. The third-order valence-electron chi connectivity index (χ3n) is 4.18.